The van der Waals surface area contributed by atoms with Crippen molar-refractivity contribution in [2.45, 2.75) is 44.1 Å². The standard InChI is InChI=1S/C15H18F2O3/c1-2-20-13(18)15(16,17)14(19)10-6-5-8-11-7-3-4-9-12(11)14/h3-4,7,9,19H,2,5-6,8,10H2,1H3. The van der Waals surface area contributed by atoms with Gasteiger partial charge in [0.05, 0.1) is 6.61 Å². The third-order valence-electron chi connectivity index (χ3n) is 3.75. The minimum Gasteiger partial charge on any atom is -0.461 e. The molecule has 0 radical (unpaired) electrons. The topological polar surface area (TPSA) is 46.5 Å². The molecule has 5 heteroatoms. The van der Waals surface area contributed by atoms with E-state index < -0.39 is 17.5 Å². The third-order valence-corrected chi connectivity index (χ3v) is 3.75. The highest BCUT2D eigenvalue weighted by molar-refractivity contribution is 5.79. The van der Waals surface area contributed by atoms with Crippen molar-refractivity contribution >= 4 is 5.97 Å². The number of ether oxygens (including phenoxy) is 1. The lowest BCUT2D eigenvalue weighted by Gasteiger charge is -2.34. The van der Waals surface area contributed by atoms with Gasteiger partial charge in [0.1, 0.15) is 0 Å². The molecule has 1 aromatic carbocycles. The number of esters is 1. The molecule has 1 aliphatic carbocycles. The van der Waals surface area contributed by atoms with Crippen LogP contribution in [0, 0.1) is 0 Å². The average molecular weight is 284 g/mol. The number of halogens is 2. The average Bonchev–Trinajstić information content (AvgIpc) is 2.60. The molecule has 0 spiro atoms. The summed E-state index contributed by atoms with van der Waals surface area (Å²) in [7, 11) is 0. The number of hydrogen-bond acceptors (Lipinski definition) is 3. The number of benzene rings is 1. The first-order valence-corrected chi connectivity index (χ1v) is 6.79. The van der Waals surface area contributed by atoms with Gasteiger partial charge in [0.2, 0.25) is 0 Å². The van der Waals surface area contributed by atoms with Crippen LogP contribution in [0.4, 0.5) is 8.78 Å². The van der Waals surface area contributed by atoms with Gasteiger partial charge < -0.3 is 9.84 Å². The second-order valence-electron chi connectivity index (χ2n) is 5.02. The number of carbonyl (C=O) groups excluding carboxylic acids is 1. The van der Waals surface area contributed by atoms with E-state index in [2.05, 4.69) is 4.74 Å². The fraction of sp³-hybridized carbons (Fsp3) is 0.533. The van der Waals surface area contributed by atoms with Gasteiger partial charge in [-0.05, 0) is 43.7 Å². The van der Waals surface area contributed by atoms with Crippen LogP contribution in [0.25, 0.3) is 0 Å². The highest BCUT2D eigenvalue weighted by Crippen LogP contribution is 2.45. The number of aliphatic hydroxyl groups is 1. The van der Waals surface area contributed by atoms with E-state index in [9.17, 15) is 18.7 Å². The first kappa shape index (κ1) is 14.9. The third kappa shape index (κ3) is 2.30. The summed E-state index contributed by atoms with van der Waals surface area (Å²) < 4.78 is 33.2. The van der Waals surface area contributed by atoms with Crippen LogP contribution in [-0.2, 0) is 21.6 Å². The maximum absolute atomic E-state index is 14.4. The van der Waals surface area contributed by atoms with E-state index in [4.69, 9.17) is 0 Å². The molecule has 0 bridgehead atoms. The van der Waals surface area contributed by atoms with Crippen molar-refractivity contribution in [1.82, 2.24) is 0 Å². The molecule has 1 unspecified atom stereocenters. The maximum Gasteiger partial charge on any atom is 0.380 e. The zero-order valence-corrected chi connectivity index (χ0v) is 11.4. The lowest BCUT2D eigenvalue weighted by atomic mass is 9.82. The molecule has 0 amide bonds. The molecule has 2 rings (SSSR count). The van der Waals surface area contributed by atoms with Gasteiger partial charge in [-0.1, -0.05) is 24.3 Å². The van der Waals surface area contributed by atoms with Crippen LogP contribution in [0.5, 0.6) is 0 Å². The van der Waals surface area contributed by atoms with Crippen LogP contribution < -0.4 is 0 Å². The van der Waals surface area contributed by atoms with Crippen LogP contribution in [0.1, 0.15) is 37.3 Å². The molecule has 110 valence electrons. The lowest BCUT2D eigenvalue weighted by molar-refractivity contribution is -0.219. The Morgan fingerprint density at radius 1 is 1.40 bits per heavy atom. The molecular weight excluding hydrogens is 266 g/mol. The zero-order valence-electron chi connectivity index (χ0n) is 11.4. The Balaban J connectivity index is 2.50. The zero-order chi connectivity index (χ0) is 14.8. The Morgan fingerprint density at radius 3 is 2.80 bits per heavy atom. The molecule has 0 aromatic heterocycles. The Kier molecular flexibility index (Phi) is 4.09. The van der Waals surface area contributed by atoms with Crippen molar-refractivity contribution in [2.24, 2.45) is 0 Å². The molecule has 3 nitrogen and oxygen atoms in total. The fourth-order valence-electron chi connectivity index (χ4n) is 2.69. The van der Waals surface area contributed by atoms with E-state index in [-0.39, 0.29) is 18.6 Å². The van der Waals surface area contributed by atoms with Crippen molar-refractivity contribution in [3.05, 3.63) is 35.4 Å². The summed E-state index contributed by atoms with van der Waals surface area (Å²) in [5, 5.41) is 10.6. The molecule has 0 fully saturated rings. The molecule has 0 heterocycles. The molecule has 20 heavy (non-hydrogen) atoms. The van der Waals surface area contributed by atoms with Gasteiger partial charge in [0, 0.05) is 0 Å². The fourth-order valence-corrected chi connectivity index (χ4v) is 2.69. The Labute approximate surface area is 116 Å². The van der Waals surface area contributed by atoms with E-state index >= 15 is 0 Å². The summed E-state index contributed by atoms with van der Waals surface area (Å²) >= 11 is 0. The second kappa shape index (κ2) is 5.48. The number of aryl methyl sites for hydroxylation is 1. The van der Waals surface area contributed by atoms with Gasteiger partial charge in [0.15, 0.2) is 5.60 Å². The van der Waals surface area contributed by atoms with Crippen LogP contribution >= 0.6 is 0 Å². The normalized spacial score (nSPS) is 22.8. The van der Waals surface area contributed by atoms with Gasteiger partial charge in [0.25, 0.3) is 0 Å². The molecule has 0 saturated heterocycles. The quantitative estimate of drug-likeness (QED) is 0.686. The van der Waals surface area contributed by atoms with Crippen LogP contribution in [0.3, 0.4) is 0 Å². The Morgan fingerprint density at radius 2 is 2.10 bits per heavy atom. The summed E-state index contributed by atoms with van der Waals surface area (Å²) in [4.78, 5) is 11.6. The largest absolute Gasteiger partial charge is 0.461 e. The van der Waals surface area contributed by atoms with Gasteiger partial charge in [-0.15, -0.1) is 0 Å². The number of hydrogen-bond donors (Lipinski definition) is 1. The van der Waals surface area contributed by atoms with Gasteiger partial charge >= 0.3 is 11.9 Å². The molecular formula is C15H18F2O3. The van der Waals surface area contributed by atoms with Gasteiger partial charge in [-0.2, -0.15) is 8.78 Å². The number of alkyl halides is 2. The van der Waals surface area contributed by atoms with Crippen molar-refractivity contribution in [3.8, 4) is 0 Å². The summed E-state index contributed by atoms with van der Waals surface area (Å²) in [6.45, 7) is 1.31. The highest BCUT2D eigenvalue weighted by Gasteiger charge is 2.61. The van der Waals surface area contributed by atoms with Crippen LogP contribution in [-0.4, -0.2) is 23.6 Å². The molecule has 1 aliphatic rings. The van der Waals surface area contributed by atoms with Gasteiger partial charge in [-0.3, -0.25) is 0 Å². The summed E-state index contributed by atoms with van der Waals surface area (Å²) in [6.07, 6.45) is 1.60. The SMILES string of the molecule is CCOC(=O)C(F)(F)C1(O)CCCCc2ccccc21. The minimum atomic E-state index is -3.95. The minimum absolute atomic E-state index is 0.135. The first-order chi connectivity index (χ1) is 9.43. The van der Waals surface area contributed by atoms with Crippen LogP contribution in [0.2, 0.25) is 0 Å². The second-order valence-corrected chi connectivity index (χ2v) is 5.02. The van der Waals surface area contributed by atoms with Crippen molar-refractivity contribution in [3.63, 3.8) is 0 Å². The summed E-state index contributed by atoms with van der Waals surface area (Å²) in [6, 6.07) is 6.52. The first-order valence-electron chi connectivity index (χ1n) is 6.79. The van der Waals surface area contributed by atoms with E-state index in [1.165, 1.54) is 13.0 Å². The number of fused-ring (bicyclic) bond motifs is 1. The Hall–Kier alpha value is -1.49. The monoisotopic (exact) mass is 284 g/mol. The summed E-state index contributed by atoms with van der Waals surface area (Å²) in [5.74, 6) is -5.62. The molecule has 0 saturated carbocycles. The smallest absolute Gasteiger partial charge is 0.380 e. The van der Waals surface area contributed by atoms with Crippen molar-refractivity contribution in [2.75, 3.05) is 6.61 Å². The maximum atomic E-state index is 14.4. The van der Waals surface area contributed by atoms with E-state index in [1.54, 1.807) is 18.2 Å². The molecule has 1 atom stereocenters. The summed E-state index contributed by atoms with van der Waals surface area (Å²) in [5.41, 5.74) is -1.70. The predicted molar refractivity (Wildman–Crippen MR) is 69.5 cm³/mol. The predicted octanol–water partition coefficient (Wildman–Crippen LogP) is 2.80. The van der Waals surface area contributed by atoms with E-state index in [0.29, 0.717) is 24.8 Å². The van der Waals surface area contributed by atoms with Crippen LogP contribution in [0.15, 0.2) is 24.3 Å². The van der Waals surface area contributed by atoms with Crippen molar-refractivity contribution in [1.29, 1.82) is 0 Å². The lowest BCUT2D eigenvalue weighted by Crippen LogP contribution is -2.51. The number of rotatable bonds is 3. The molecule has 1 aromatic rings. The Bertz CT molecular complexity index is 502. The number of carbonyl (C=O) groups is 1. The molecule has 1 N–H and O–H groups in total. The van der Waals surface area contributed by atoms with Gasteiger partial charge in [-0.25, -0.2) is 4.79 Å². The highest BCUT2D eigenvalue weighted by atomic mass is 19.3. The van der Waals surface area contributed by atoms with E-state index in [0.717, 1.165) is 0 Å². The van der Waals surface area contributed by atoms with E-state index in [1.807, 2.05) is 0 Å². The molecule has 0 aliphatic heterocycles. The van der Waals surface area contributed by atoms with Crippen molar-refractivity contribution < 1.29 is 23.4 Å².